The summed E-state index contributed by atoms with van der Waals surface area (Å²) in [7, 11) is 0. The van der Waals surface area contributed by atoms with Gasteiger partial charge in [0.25, 0.3) is 0 Å². The first-order chi connectivity index (χ1) is 15.1. The number of hydrogen-bond donors (Lipinski definition) is 2. The van der Waals surface area contributed by atoms with Crippen LogP contribution in [0.2, 0.25) is 0 Å². The van der Waals surface area contributed by atoms with Crippen LogP contribution >= 0.6 is 0 Å². The van der Waals surface area contributed by atoms with Crippen molar-refractivity contribution in [1.29, 1.82) is 0 Å². The Morgan fingerprint density at radius 2 is 2.16 bits per heavy atom. The maximum Gasteiger partial charge on any atom is 0.316 e. The lowest BCUT2D eigenvalue weighted by Gasteiger charge is -2.23. The third-order valence-electron chi connectivity index (χ3n) is 5.02. The Morgan fingerprint density at radius 3 is 2.97 bits per heavy atom. The number of phenolic OH excluding ortho intramolecular Hbond substituents is 1. The van der Waals surface area contributed by atoms with Gasteiger partial charge in [0.05, 0.1) is 30.5 Å². The topological polar surface area (TPSA) is 112 Å². The van der Waals surface area contributed by atoms with Crippen LogP contribution in [0.4, 0.5) is 0 Å². The van der Waals surface area contributed by atoms with Crippen LogP contribution in [0.5, 0.6) is 11.8 Å². The number of fused-ring (bicyclic) bond motifs is 1. The second-order valence-electron chi connectivity index (χ2n) is 7.67. The van der Waals surface area contributed by atoms with Crippen molar-refractivity contribution in [2.75, 3.05) is 26.4 Å². The normalized spacial score (nSPS) is 17.7. The molecule has 166 valence electrons. The third kappa shape index (κ3) is 5.30. The fraction of sp³-hybridized carbons (Fsp3) is 0.500. The monoisotopic (exact) mass is 428 g/mol. The van der Waals surface area contributed by atoms with Crippen LogP contribution < -0.4 is 4.74 Å². The quantitative estimate of drug-likeness (QED) is 0.500. The lowest BCUT2D eigenvalue weighted by Crippen LogP contribution is -2.19. The molecule has 1 saturated heterocycles. The first-order valence-corrected chi connectivity index (χ1v) is 10.7. The van der Waals surface area contributed by atoms with Gasteiger partial charge >= 0.3 is 6.01 Å². The van der Waals surface area contributed by atoms with Gasteiger partial charge in [0.15, 0.2) is 6.23 Å². The Labute approximate surface area is 180 Å². The molecule has 0 spiro atoms. The van der Waals surface area contributed by atoms with E-state index in [9.17, 15) is 10.2 Å². The molecule has 0 saturated carbocycles. The van der Waals surface area contributed by atoms with Crippen molar-refractivity contribution in [2.24, 2.45) is 0 Å². The zero-order chi connectivity index (χ0) is 21.6. The average molecular weight is 428 g/mol. The highest BCUT2D eigenvalue weighted by Gasteiger charge is 2.22. The van der Waals surface area contributed by atoms with E-state index in [4.69, 9.17) is 19.3 Å². The number of ether oxygens (including phenoxy) is 3. The van der Waals surface area contributed by atoms with Gasteiger partial charge in [0, 0.05) is 31.2 Å². The zero-order valence-corrected chi connectivity index (χ0v) is 17.6. The maximum absolute atomic E-state index is 10.0. The number of nitrogens with zero attached hydrogens (tertiary/aromatic N) is 4. The summed E-state index contributed by atoms with van der Waals surface area (Å²) >= 11 is 0. The van der Waals surface area contributed by atoms with E-state index in [0.717, 1.165) is 30.2 Å². The van der Waals surface area contributed by atoms with Gasteiger partial charge in [-0.1, -0.05) is 0 Å². The molecule has 0 radical (unpaired) electrons. The molecule has 2 atom stereocenters. The number of aliphatic hydroxyl groups excluding tert-OH is 1. The van der Waals surface area contributed by atoms with E-state index in [1.54, 1.807) is 31.3 Å². The number of aromatic hydroxyl groups is 1. The van der Waals surface area contributed by atoms with Crippen LogP contribution in [0.3, 0.4) is 0 Å². The molecule has 0 aliphatic carbocycles. The summed E-state index contributed by atoms with van der Waals surface area (Å²) in [5.74, 6) is 0.167. The van der Waals surface area contributed by atoms with Crippen molar-refractivity contribution in [3.8, 4) is 23.1 Å². The summed E-state index contributed by atoms with van der Waals surface area (Å²) in [6, 6.07) is 7.23. The van der Waals surface area contributed by atoms with Gasteiger partial charge in [0.2, 0.25) is 0 Å². The third-order valence-corrected chi connectivity index (χ3v) is 5.02. The lowest BCUT2D eigenvalue weighted by atomic mass is 10.1. The van der Waals surface area contributed by atoms with Crippen LogP contribution in [0.1, 0.15) is 38.8 Å². The molecule has 3 aromatic rings. The van der Waals surface area contributed by atoms with E-state index in [1.807, 2.05) is 10.7 Å². The molecule has 1 aromatic carbocycles. The Balaban J connectivity index is 1.53. The number of aliphatic hydroxyl groups is 1. The Hall–Kier alpha value is -2.75. The smallest absolute Gasteiger partial charge is 0.316 e. The molecule has 1 unspecified atom stereocenters. The largest absolute Gasteiger partial charge is 0.508 e. The molecular weight excluding hydrogens is 400 g/mol. The highest BCUT2D eigenvalue weighted by Crippen LogP contribution is 2.34. The second kappa shape index (κ2) is 10.0. The summed E-state index contributed by atoms with van der Waals surface area (Å²) in [6.07, 6.45) is 4.72. The number of benzene rings is 1. The minimum atomic E-state index is -0.478. The van der Waals surface area contributed by atoms with Crippen LogP contribution in [-0.4, -0.2) is 62.5 Å². The highest BCUT2D eigenvalue weighted by atomic mass is 16.5. The van der Waals surface area contributed by atoms with Gasteiger partial charge in [-0.25, -0.2) is 9.67 Å². The van der Waals surface area contributed by atoms with Gasteiger partial charge in [-0.2, -0.15) is 10.1 Å². The van der Waals surface area contributed by atoms with Crippen molar-refractivity contribution in [3.05, 3.63) is 30.5 Å². The van der Waals surface area contributed by atoms with E-state index in [0.29, 0.717) is 44.2 Å². The van der Waals surface area contributed by atoms with Crippen LogP contribution in [-0.2, 0) is 9.47 Å². The minimum Gasteiger partial charge on any atom is -0.508 e. The molecular formula is C22H28N4O5. The predicted octanol–water partition coefficient (Wildman–Crippen LogP) is 3.06. The van der Waals surface area contributed by atoms with Gasteiger partial charge in [0.1, 0.15) is 11.4 Å². The van der Waals surface area contributed by atoms with Crippen molar-refractivity contribution < 1.29 is 24.4 Å². The molecule has 1 fully saturated rings. The molecule has 3 heterocycles. The van der Waals surface area contributed by atoms with Crippen molar-refractivity contribution >= 4 is 10.9 Å². The Kier molecular flexibility index (Phi) is 6.96. The van der Waals surface area contributed by atoms with Crippen LogP contribution in [0.15, 0.2) is 30.5 Å². The first kappa shape index (κ1) is 21.5. The highest BCUT2D eigenvalue weighted by molar-refractivity contribution is 5.93. The molecule has 9 nitrogen and oxygen atoms in total. The van der Waals surface area contributed by atoms with Crippen LogP contribution in [0.25, 0.3) is 22.3 Å². The van der Waals surface area contributed by atoms with E-state index < -0.39 is 6.10 Å². The van der Waals surface area contributed by atoms with E-state index in [1.165, 1.54) is 0 Å². The Bertz CT molecular complexity index is 1000. The van der Waals surface area contributed by atoms with Crippen LogP contribution in [0, 0.1) is 0 Å². The fourth-order valence-electron chi connectivity index (χ4n) is 3.57. The molecule has 1 aliphatic heterocycles. The zero-order valence-electron chi connectivity index (χ0n) is 17.6. The summed E-state index contributed by atoms with van der Waals surface area (Å²) in [6.45, 7) is 3.58. The summed E-state index contributed by atoms with van der Waals surface area (Å²) in [4.78, 5) is 8.70. The van der Waals surface area contributed by atoms with E-state index >= 15 is 0 Å². The van der Waals surface area contributed by atoms with Crippen molar-refractivity contribution in [1.82, 2.24) is 19.7 Å². The van der Waals surface area contributed by atoms with Crippen molar-refractivity contribution in [3.63, 3.8) is 0 Å². The average Bonchev–Trinajstić information content (AvgIpc) is 3.15. The number of rotatable bonds is 9. The predicted molar refractivity (Wildman–Crippen MR) is 114 cm³/mol. The fourth-order valence-corrected chi connectivity index (χ4v) is 3.57. The summed E-state index contributed by atoms with van der Waals surface area (Å²) in [5.41, 5.74) is 2.14. The molecule has 2 N–H and O–H groups in total. The maximum atomic E-state index is 10.0. The van der Waals surface area contributed by atoms with Gasteiger partial charge in [-0.15, -0.1) is 0 Å². The van der Waals surface area contributed by atoms with E-state index in [-0.39, 0.29) is 18.0 Å². The molecule has 0 amide bonds. The number of hydrogen-bond acceptors (Lipinski definition) is 8. The molecule has 1 aliphatic rings. The molecule has 31 heavy (non-hydrogen) atoms. The number of phenols is 1. The van der Waals surface area contributed by atoms with Gasteiger partial charge in [-0.3, -0.25) is 0 Å². The second-order valence-corrected chi connectivity index (χ2v) is 7.67. The summed E-state index contributed by atoms with van der Waals surface area (Å²) < 4.78 is 18.8. The molecule has 9 heteroatoms. The number of aromatic nitrogens is 4. The van der Waals surface area contributed by atoms with E-state index in [2.05, 4.69) is 9.97 Å². The molecule has 4 rings (SSSR count). The van der Waals surface area contributed by atoms with Gasteiger partial charge in [-0.05, 0) is 50.5 Å². The lowest BCUT2D eigenvalue weighted by molar-refractivity contribution is -0.0365. The van der Waals surface area contributed by atoms with Crippen molar-refractivity contribution in [2.45, 2.75) is 44.9 Å². The summed E-state index contributed by atoms with van der Waals surface area (Å²) in [5, 5.41) is 24.8. The standard InChI is InChI=1S/C22H28N4O5/c1-15(27)14-29-10-4-12-31-22-23-9-8-18(24-22)21-17-13-16(28)6-7-19(17)26(25-21)20-5-2-3-11-30-20/h6-9,13,15,20,27-28H,2-5,10-12,14H2,1H3/t15-,20?/m1/s1. The minimum absolute atomic E-state index is 0.131. The molecule has 2 aromatic heterocycles. The van der Waals surface area contributed by atoms with Gasteiger partial charge < -0.3 is 24.4 Å². The first-order valence-electron chi connectivity index (χ1n) is 10.7. The molecule has 0 bridgehead atoms. The Morgan fingerprint density at radius 1 is 1.26 bits per heavy atom. The SMILES string of the molecule is C[C@@H](O)COCCCOc1nccc(-c2nn(C3CCCCO3)c3ccc(O)cc23)n1.